The highest BCUT2D eigenvalue weighted by Crippen LogP contribution is 2.42. The Labute approximate surface area is 160 Å². The van der Waals surface area contributed by atoms with Gasteiger partial charge in [0.15, 0.2) is 0 Å². The molecule has 0 fully saturated rings. The van der Waals surface area contributed by atoms with E-state index in [0.717, 1.165) is 0 Å². The van der Waals surface area contributed by atoms with Crippen LogP contribution in [-0.2, 0) is 19.7 Å². The molecule has 2 aromatic carbocycles. The van der Waals surface area contributed by atoms with Crippen molar-refractivity contribution in [3.05, 3.63) is 65.7 Å². The molecule has 0 saturated heterocycles. The first-order valence-electron chi connectivity index (χ1n) is 8.32. The lowest BCUT2D eigenvalue weighted by molar-refractivity contribution is -0.0509. The van der Waals surface area contributed by atoms with Crippen LogP contribution in [0.3, 0.4) is 0 Å². The number of nitrogens with zero attached hydrogens (tertiary/aromatic N) is 2. The molecule has 2 aromatic rings. The number of rotatable bonds is 4. The van der Waals surface area contributed by atoms with Crippen molar-refractivity contribution >= 4 is 27.3 Å². The van der Waals surface area contributed by atoms with Gasteiger partial charge in [0.25, 0.3) is 0 Å². The summed E-state index contributed by atoms with van der Waals surface area (Å²) < 4.78 is 65.5. The largest absolute Gasteiger partial charge is 0.534 e. The van der Waals surface area contributed by atoms with E-state index in [2.05, 4.69) is 14.4 Å². The fourth-order valence-electron chi connectivity index (χ4n) is 2.81. The first-order valence-corrected chi connectivity index (χ1v) is 9.73. The van der Waals surface area contributed by atoms with E-state index >= 15 is 0 Å². The van der Waals surface area contributed by atoms with Crippen molar-refractivity contribution in [2.45, 2.75) is 31.2 Å². The Morgan fingerprint density at radius 1 is 1.00 bits per heavy atom. The van der Waals surface area contributed by atoms with Crippen molar-refractivity contribution in [3.63, 3.8) is 0 Å². The zero-order valence-electron chi connectivity index (χ0n) is 15.1. The van der Waals surface area contributed by atoms with Crippen molar-refractivity contribution in [1.29, 1.82) is 0 Å². The molecule has 0 unspecified atom stereocenters. The lowest BCUT2D eigenvalue weighted by Gasteiger charge is -2.31. The fourth-order valence-corrected chi connectivity index (χ4v) is 3.30. The zero-order valence-corrected chi connectivity index (χ0v) is 15.9. The third kappa shape index (κ3) is 4.09. The highest BCUT2D eigenvalue weighted by Gasteiger charge is 2.49. The number of hydrogen-bond acceptors (Lipinski definition) is 5. The van der Waals surface area contributed by atoms with Crippen molar-refractivity contribution < 1.29 is 25.8 Å². The highest BCUT2D eigenvalue weighted by molar-refractivity contribution is 7.87. The Balaban J connectivity index is 2.00. The molecule has 0 spiro atoms. The van der Waals surface area contributed by atoms with Crippen LogP contribution >= 0.6 is 0 Å². The van der Waals surface area contributed by atoms with E-state index in [1.807, 2.05) is 19.9 Å². The molecule has 0 radical (unpaired) electrons. The summed E-state index contributed by atoms with van der Waals surface area (Å²) in [6, 6.07) is 13.8. The van der Waals surface area contributed by atoms with Crippen LogP contribution in [0.25, 0.3) is 5.76 Å². The first-order chi connectivity index (χ1) is 13.0. The second kappa shape index (κ2) is 7.05. The number of fused-ring (bicyclic) bond motifs is 1. The van der Waals surface area contributed by atoms with Gasteiger partial charge in [-0.1, -0.05) is 38.1 Å². The summed E-state index contributed by atoms with van der Waals surface area (Å²) in [6.45, 7) is 3.81. The number of hydrogen-bond donors (Lipinski definition) is 0. The molecule has 0 saturated carbocycles. The molecule has 0 bridgehead atoms. The second-order valence-electron chi connectivity index (χ2n) is 6.91. The molecule has 1 aliphatic rings. The lowest BCUT2D eigenvalue weighted by atomic mass is 9.75. The zero-order chi connectivity index (χ0) is 20.6. The van der Waals surface area contributed by atoms with E-state index in [1.165, 1.54) is 12.1 Å². The molecule has 28 heavy (non-hydrogen) atoms. The molecule has 0 aromatic heterocycles. The molecule has 3 rings (SSSR count). The predicted molar refractivity (Wildman–Crippen MR) is 98.7 cm³/mol. The van der Waals surface area contributed by atoms with Crippen molar-refractivity contribution in [2.24, 2.45) is 10.2 Å². The van der Waals surface area contributed by atoms with Gasteiger partial charge in [0.2, 0.25) is 0 Å². The van der Waals surface area contributed by atoms with E-state index in [4.69, 9.17) is 0 Å². The summed E-state index contributed by atoms with van der Waals surface area (Å²) >= 11 is 0. The van der Waals surface area contributed by atoms with Crippen LogP contribution in [0.15, 0.2) is 64.8 Å². The SMILES string of the molecule is CC1(C)CC=C(OS(=O)(=O)C(F)(F)F)c2cc(N=Nc3ccccc3)ccc21. The van der Waals surface area contributed by atoms with Gasteiger partial charge in [0.1, 0.15) is 5.76 Å². The van der Waals surface area contributed by atoms with Crippen LogP contribution in [-0.4, -0.2) is 13.9 Å². The van der Waals surface area contributed by atoms with Gasteiger partial charge in [0, 0.05) is 5.56 Å². The summed E-state index contributed by atoms with van der Waals surface area (Å²) in [7, 11) is -5.77. The average Bonchev–Trinajstić information content (AvgIpc) is 2.62. The Morgan fingerprint density at radius 2 is 1.64 bits per heavy atom. The Bertz CT molecular complexity index is 1040. The molecule has 0 amide bonds. The van der Waals surface area contributed by atoms with Gasteiger partial charge >= 0.3 is 15.6 Å². The molecule has 0 N–H and O–H groups in total. The third-order valence-corrected chi connectivity index (χ3v) is 5.28. The Hall–Kier alpha value is -2.68. The van der Waals surface area contributed by atoms with Gasteiger partial charge in [0.05, 0.1) is 11.4 Å². The fraction of sp³-hybridized carbons (Fsp3) is 0.263. The number of benzene rings is 2. The third-order valence-electron chi connectivity index (χ3n) is 4.32. The van der Waals surface area contributed by atoms with Crippen molar-refractivity contribution in [1.82, 2.24) is 0 Å². The van der Waals surface area contributed by atoms with Crippen molar-refractivity contribution in [2.75, 3.05) is 0 Å². The smallest absolute Gasteiger partial charge is 0.376 e. The van der Waals surface area contributed by atoms with Gasteiger partial charge in [-0.3, -0.25) is 0 Å². The molecule has 0 atom stereocenters. The van der Waals surface area contributed by atoms with Gasteiger partial charge in [-0.15, -0.1) is 0 Å². The summed E-state index contributed by atoms with van der Waals surface area (Å²) in [5.74, 6) is -0.358. The quantitative estimate of drug-likeness (QED) is 0.353. The maximum Gasteiger partial charge on any atom is 0.534 e. The molecule has 1 aliphatic carbocycles. The predicted octanol–water partition coefficient (Wildman–Crippen LogP) is 5.99. The van der Waals surface area contributed by atoms with Gasteiger partial charge in [-0.05, 0) is 47.7 Å². The van der Waals surface area contributed by atoms with Crippen LogP contribution < -0.4 is 0 Å². The van der Waals surface area contributed by atoms with E-state index in [9.17, 15) is 21.6 Å². The van der Waals surface area contributed by atoms with Crippen LogP contribution in [0.5, 0.6) is 0 Å². The van der Waals surface area contributed by atoms with E-state index in [1.54, 1.807) is 36.4 Å². The van der Waals surface area contributed by atoms with Gasteiger partial charge in [-0.2, -0.15) is 31.8 Å². The van der Waals surface area contributed by atoms with Gasteiger partial charge in [-0.25, -0.2) is 0 Å². The standard InChI is InChI=1S/C19H17F3N2O3S/c1-18(2)11-10-17(27-28(25,26)19(20,21)22)15-12-14(8-9-16(15)18)24-23-13-6-4-3-5-7-13/h3-10,12H,11H2,1-2H3. The number of azo groups is 1. The average molecular weight is 410 g/mol. The minimum absolute atomic E-state index is 0.244. The summed E-state index contributed by atoms with van der Waals surface area (Å²) in [5, 5.41) is 8.15. The second-order valence-corrected chi connectivity index (χ2v) is 8.44. The minimum atomic E-state index is -5.77. The summed E-state index contributed by atoms with van der Waals surface area (Å²) in [6.07, 6.45) is 1.68. The molecule has 9 heteroatoms. The summed E-state index contributed by atoms with van der Waals surface area (Å²) in [4.78, 5) is 0. The van der Waals surface area contributed by atoms with Crippen LogP contribution in [0.4, 0.5) is 24.5 Å². The maximum absolute atomic E-state index is 12.7. The van der Waals surface area contributed by atoms with Gasteiger partial charge < -0.3 is 4.18 Å². The molecular formula is C19H17F3N2O3S. The van der Waals surface area contributed by atoms with Crippen molar-refractivity contribution in [3.8, 4) is 0 Å². The number of allylic oxidation sites excluding steroid dienone is 1. The normalized spacial score (nSPS) is 16.5. The van der Waals surface area contributed by atoms with Crippen LogP contribution in [0.1, 0.15) is 31.4 Å². The lowest BCUT2D eigenvalue weighted by Crippen LogP contribution is -2.27. The topological polar surface area (TPSA) is 68.1 Å². The van der Waals surface area contributed by atoms with E-state index in [0.29, 0.717) is 23.4 Å². The van der Waals surface area contributed by atoms with Crippen LogP contribution in [0, 0.1) is 0 Å². The van der Waals surface area contributed by atoms with E-state index in [-0.39, 0.29) is 11.3 Å². The maximum atomic E-state index is 12.7. The molecule has 0 aliphatic heterocycles. The summed E-state index contributed by atoms with van der Waals surface area (Å²) in [5.41, 5.74) is -4.04. The molecular weight excluding hydrogens is 393 g/mol. The number of alkyl halides is 3. The number of halogens is 3. The minimum Gasteiger partial charge on any atom is -0.376 e. The van der Waals surface area contributed by atoms with Crippen LogP contribution in [0.2, 0.25) is 0 Å². The van der Waals surface area contributed by atoms with E-state index < -0.39 is 21.0 Å². The monoisotopic (exact) mass is 410 g/mol. The molecule has 0 heterocycles. The first kappa shape index (κ1) is 20.1. The highest BCUT2D eigenvalue weighted by atomic mass is 32.2. The Morgan fingerprint density at radius 3 is 2.29 bits per heavy atom. The molecule has 148 valence electrons. The molecule has 5 nitrogen and oxygen atoms in total. The Kier molecular flexibility index (Phi) is 5.05.